The van der Waals surface area contributed by atoms with Gasteiger partial charge in [-0.15, -0.1) is 0 Å². The van der Waals surface area contributed by atoms with Gasteiger partial charge in [0.25, 0.3) is 0 Å². The van der Waals surface area contributed by atoms with E-state index in [1.54, 1.807) is 6.07 Å². The summed E-state index contributed by atoms with van der Waals surface area (Å²) in [4.78, 5) is 16.1. The Bertz CT molecular complexity index is 652. The predicted octanol–water partition coefficient (Wildman–Crippen LogP) is 2.22. The molecule has 20 heavy (non-hydrogen) atoms. The van der Waals surface area contributed by atoms with Crippen molar-refractivity contribution in [3.63, 3.8) is 0 Å². The van der Waals surface area contributed by atoms with Crippen LogP contribution in [0, 0.1) is 5.92 Å². The SMILES string of the molecule is CC(C)CS(=O)CC(=O)Nc1nc2ccc(N)cc2s1. The molecule has 0 aliphatic heterocycles. The number of carbonyl (C=O) groups is 1. The van der Waals surface area contributed by atoms with Crippen LogP contribution in [0.25, 0.3) is 10.2 Å². The molecule has 0 saturated carbocycles. The molecule has 0 aliphatic rings. The lowest BCUT2D eigenvalue weighted by molar-refractivity contribution is -0.113. The van der Waals surface area contributed by atoms with Crippen molar-refractivity contribution < 1.29 is 9.00 Å². The normalized spacial score (nSPS) is 12.8. The van der Waals surface area contributed by atoms with Gasteiger partial charge in [0.05, 0.1) is 10.2 Å². The average molecular weight is 311 g/mol. The minimum Gasteiger partial charge on any atom is -0.399 e. The molecule has 7 heteroatoms. The first-order valence-electron chi connectivity index (χ1n) is 6.25. The van der Waals surface area contributed by atoms with Gasteiger partial charge in [0, 0.05) is 22.2 Å². The summed E-state index contributed by atoms with van der Waals surface area (Å²) in [7, 11) is -1.13. The molecule has 5 nitrogen and oxygen atoms in total. The fourth-order valence-electron chi connectivity index (χ4n) is 1.73. The molecule has 0 spiro atoms. The van der Waals surface area contributed by atoms with Crippen LogP contribution in [0.5, 0.6) is 0 Å². The van der Waals surface area contributed by atoms with Crippen LogP contribution in [-0.2, 0) is 15.6 Å². The Morgan fingerprint density at radius 2 is 2.25 bits per heavy atom. The molecule has 1 heterocycles. The first-order valence-corrected chi connectivity index (χ1v) is 8.55. The summed E-state index contributed by atoms with van der Waals surface area (Å²) in [6.07, 6.45) is 0. The second kappa shape index (κ2) is 6.32. The van der Waals surface area contributed by atoms with E-state index in [4.69, 9.17) is 5.73 Å². The Kier molecular flexibility index (Phi) is 4.72. The van der Waals surface area contributed by atoms with Crippen molar-refractivity contribution in [2.24, 2.45) is 5.92 Å². The molecule has 108 valence electrons. The number of nitrogen functional groups attached to an aromatic ring is 1. The van der Waals surface area contributed by atoms with Gasteiger partial charge < -0.3 is 11.1 Å². The van der Waals surface area contributed by atoms with Crippen LogP contribution >= 0.6 is 11.3 Å². The minimum absolute atomic E-state index is 0.0102. The van der Waals surface area contributed by atoms with Crippen LogP contribution in [0.4, 0.5) is 10.8 Å². The number of carbonyl (C=O) groups excluding carboxylic acids is 1. The fraction of sp³-hybridized carbons (Fsp3) is 0.385. The van der Waals surface area contributed by atoms with E-state index < -0.39 is 10.8 Å². The van der Waals surface area contributed by atoms with Gasteiger partial charge in [-0.2, -0.15) is 0 Å². The highest BCUT2D eigenvalue weighted by molar-refractivity contribution is 7.85. The standard InChI is InChI=1S/C13H17N3O2S2/c1-8(2)6-20(18)7-12(17)16-13-15-10-4-3-9(14)5-11(10)19-13/h3-5,8H,6-7,14H2,1-2H3,(H,15,16,17). The number of benzene rings is 1. The van der Waals surface area contributed by atoms with Crippen molar-refractivity contribution in [3.8, 4) is 0 Å². The second-order valence-corrected chi connectivity index (χ2v) is 7.47. The van der Waals surface area contributed by atoms with Gasteiger partial charge in [0.1, 0.15) is 5.75 Å². The van der Waals surface area contributed by atoms with Crippen molar-refractivity contribution >= 4 is 49.1 Å². The molecular formula is C13H17N3O2S2. The Morgan fingerprint density at radius 1 is 1.50 bits per heavy atom. The molecule has 0 aliphatic carbocycles. The van der Waals surface area contributed by atoms with E-state index in [0.29, 0.717) is 22.5 Å². The van der Waals surface area contributed by atoms with Gasteiger partial charge in [-0.3, -0.25) is 9.00 Å². The molecule has 0 saturated heterocycles. The Labute approximate surface area is 124 Å². The van der Waals surface area contributed by atoms with Crippen molar-refractivity contribution in [2.45, 2.75) is 13.8 Å². The predicted molar refractivity (Wildman–Crippen MR) is 85.4 cm³/mol. The maximum absolute atomic E-state index is 11.8. The number of nitrogens with one attached hydrogen (secondary N) is 1. The molecule has 1 amide bonds. The monoisotopic (exact) mass is 311 g/mol. The molecule has 1 aromatic carbocycles. The number of hydrogen-bond acceptors (Lipinski definition) is 5. The fourth-order valence-corrected chi connectivity index (χ4v) is 3.88. The molecule has 0 fully saturated rings. The first kappa shape index (κ1) is 14.9. The lowest BCUT2D eigenvalue weighted by Crippen LogP contribution is -2.22. The Morgan fingerprint density at radius 3 is 2.95 bits per heavy atom. The highest BCUT2D eigenvalue weighted by Crippen LogP contribution is 2.27. The average Bonchev–Trinajstić information content (AvgIpc) is 2.68. The number of aromatic nitrogens is 1. The van der Waals surface area contributed by atoms with Crippen molar-refractivity contribution in [1.29, 1.82) is 0 Å². The number of hydrogen-bond donors (Lipinski definition) is 2. The Hall–Kier alpha value is -1.47. The molecular weight excluding hydrogens is 294 g/mol. The molecule has 3 N–H and O–H groups in total. The maximum Gasteiger partial charge on any atom is 0.238 e. The minimum atomic E-state index is -1.13. The number of thiazole rings is 1. The quantitative estimate of drug-likeness (QED) is 0.829. The van der Waals surface area contributed by atoms with Crippen molar-refractivity contribution in [3.05, 3.63) is 18.2 Å². The van der Waals surface area contributed by atoms with Gasteiger partial charge in [-0.1, -0.05) is 25.2 Å². The van der Waals surface area contributed by atoms with Crippen LogP contribution in [0.3, 0.4) is 0 Å². The summed E-state index contributed by atoms with van der Waals surface area (Å²) in [6.45, 7) is 3.96. The van der Waals surface area contributed by atoms with Crippen LogP contribution in [0.15, 0.2) is 18.2 Å². The highest BCUT2D eigenvalue weighted by Gasteiger charge is 2.12. The molecule has 2 aromatic rings. The lowest BCUT2D eigenvalue weighted by Gasteiger charge is -2.04. The highest BCUT2D eigenvalue weighted by atomic mass is 32.2. The molecule has 0 bridgehead atoms. The zero-order valence-electron chi connectivity index (χ0n) is 11.4. The number of anilines is 2. The molecule has 1 aromatic heterocycles. The number of fused-ring (bicyclic) bond motifs is 1. The number of rotatable bonds is 5. The van der Waals surface area contributed by atoms with Crippen molar-refractivity contribution in [2.75, 3.05) is 22.6 Å². The van der Waals surface area contributed by atoms with Gasteiger partial charge in [-0.25, -0.2) is 4.98 Å². The molecule has 2 rings (SSSR count). The summed E-state index contributed by atoms with van der Waals surface area (Å²) in [6, 6.07) is 5.40. The lowest BCUT2D eigenvalue weighted by atomic mass is 10.3. The molecule has 1 unspecified atom stereocenters. The van der Waals surface area contributed by atoms with E-state index in [9.17, 15) is 9.00 Å². The van der Waals surface area contributed by atoms with Crippen LogP contribution in [-0.4, -0.2) is 26.6 Å². The van der Waals surface area contributed by atoms with Crippen LogP contribution in [0.2, 0.25) is 0 Å². The van der Waals surface area contributed by atoms with Gasteiger partial charge >= 0.3 is 0 Å². The number of amides is 1. The third-order valence-corrected chi connectivity index (χ3v) is 5.03. The second-order valence-electron chi connectivity index (χ2n) is 4.94. The maximum atomic E-state index is 11.8. The smallest absolute Gasteiger partial charge is 0.238 e. The largest absolute Gasteiger partial charge is 0.399 e. The third-order valence-electron chi connectivity index (χ3n) is 2.47. The Balaban J connectivity index is 2.01. The van der Waals surface area contributed by atoms with Gasteiger partial charge in [0.2, 0.25) is 5.91 Å². The summed E-state index contributed by atoms with van der Waals surface area (Å²) in [5.41, 5.74) is 7.16. The zero-order valence-corrected chi connectivity index (χ0v) is 13.0. The van der Waals surface area contributed by atoms with Gasteiger partial charge in [0.15, 0.2) is 5.13 Å². The number of nitrogens with zero attached hydrogens (tertiary/aromatic N) is 1. The summed E-state index contributed by atoms with van der Waals surface area (Å²) in [5, 5.41) is 3.20. The zero-order chi connectivity index (χ0) is 14.7. The summed E-state index contributed by atoms with van der Waals surface area (Å²) in [5.74, 6) is 0.588. The number of nitrogens with two attached hydrogens (primary N) is 1. The molecule has 1 atom stereocenters. The topological polar surface area (TPSA) is 85.1 Å². The van der Waals surface area contributed by atoms with E-state index in [1.165, 1.54) is 11.3 Å². The third kappa shape index (κ3) is 4.01. The molecule has 0 radical (unpaired) electrons. The summed E-state index contributed by atoms with van der Waals surface area (Å²) < 4.78 is 12.6. The van der Waals surface area contributed by atoms with Crippen LogP contribution in [0.1, 0.15) is 13.8 Å². The van der Waals surface area contributed by atoms with E-state index in [1.807, 2.05) is 26.0 Å². The van der Waals surface area contributed by atoms with Gasteiger partial charge in [-0.05, 0) is 24.1 Å². The van der Waals surface area contributed by atoms with E-state index in [-0.39, 0.29) is 11.7 Å². The first-order chi connectivity index (χ1) is 9.44. The summed E-state index contributed by atoms with van der Waals surface area (Å²) >= 11 is 1.36. The van der Waals surface area contributed by atoms with E-state index >= 15 is 0 Å². The van der Waals surface area contributed by atoms with E-state index in [2.05, 4.69) is 10.3 Å². The van der Waals surface area contributed by atoms with Crippen LogP contribution < -0.4 is 11.1 Å². The van der Waals surface area contributed by atoms with Crippen molar-refractivity contribution in [1.82, 2.24) is 4.98 Å². The van der Waals surface area contributed by atoms with E-state index in [0.717, 1.165) is 10.2 Å².